The van der Waals surface area contributed by atoms with Gasteiger partial charge >= 0.3 is 0 Å². The lowest BCUT2D eigenvalue weighted by Crippen LogP contribution is -2.41. The number of rotatable bonds is 4. The van der Waals surface area contributed by atoms with Crippen LogP contribution in [0.5, 0.6) is 0 Å². The number of ether oxygens (including phenoxy) is 1. The molecule has 2 saturated heterocycles. The zero-order chi connectivity index (χ0) is 17.4. The van der Waals surface area contributed by atoms with Gasteiger partial charge in [-0.1, -0.05) is 13.0 Å². The summed E-state index contributed by atoms with van der Waals surface area (Å²) in [6.45, 7) is 5.00. The molecule has 1 aromatic rings. The summed E-state index contributed by atoms with van der Waals surface area (Å²) in [6.07, 6.45) is 4.15. The Bertz CT molecular complexity index is 692. The number of carbonyl (C=O) groups is 2. The molecular weight excluding hydrogens is 336 g/mol. The minimum Gasteiger partial charge on any atom is -0.376 e. The Labute approximate surface area is 152 Å². The SMILES string of the molecule is CC1CCCN(C2=C(c3cccs3)C(=O)N(CC3CCCO3)C2=O)C1. The van der Waals surface area contributed by atoms with Gasteiger partial charge in [-0.25, -0.2) is 0 Å². The summed E-state index contributed by atoms with van der Waals surface area (Å²) in [7, 11) is 0. The van der Waals surface area contributed by atoms with Crippen LogP contribution in [0.25, 0.3) is 5.57 Å². The second-order valence-corrected chi connectivity index (χ2v) is 8.20. The summed E-state index contributed by atoms with van der Waals surface area (Å²) in [5, 5.41) is 1.96. The summed E-state index contributed by atoms with van der Waals surface area (Å²) in [6, 6.07) is 3.87. The third-order valence-corrected chi connectivity index (χ3v) is 6.18. The molecule has 0 bridgehead atoms. The van der Waals surface area contributed by atoms with Gasteiger partial charge in [0.2, 0.25) is 0 Å². The minimum absolute atomic E-state index is 0.0166. The molecule has 0 saturated carbocycles. The van der Waals surface area contributed by atoms with E-state index in [0.717, 1.165) is 43.8 Å². The van der Waals surface area contributed by atoms with Crippen molar-refractivity contribution >= 4 is 28.7 Å². The zero-order valence-corrected chi connectivity index (χ0v) is 15.4. The number of thiophene rings is 1. The van der Waals surface area contributed by atoms with E-state index in [-0.39, 0.29) is 17.9 Å². The van der Waals surface area contributed by atoms with E-state index in [4.69, 9.17) is 4.74 Å². The average Bonchev–Trinajstić information content (AvgIpc) is 3.32. The quantitative estimate of drug-likeness (QED) is 0.775. The molecule has 6 heteroatoms. The van der Waals surface area contributed by atoms with E-state index in [2.05, 4.69) is 11.8 Å². The molecule has 4 heterocycles. The van der Waals surface area contributed by atoms with Gasteiger partial charge in [0.1, 0.15) is 5.70 Å². The van der Waals surface area contributed by atoms with Crippen LogP contribution in [0.1, 0.15) is 37.5 Å². The summed E-state index contributed by atoms with van der Waals surface area (Å²) < 4.78 is 5.66. The molecule has 0 aromatic carbocycles. The molecule has 134 valence electrons. The molecule has 5 nitrogen and oxygen atoms in total. The maximum absolute atomic E-state index is 13.2. The first-order valence-electron chi connectivity index (χ1n) is 9.16. The molecular formula is C19H24N2O3S. The van der Waals surface area contributed by atoms with Crippen molar-refractivity contribution in [1.29, 1.82) is 0 Å². The Morgan fingerprint density at radius 2 is 2.12 bits per heavy atom. The fraction of sp³-hybridized carbons (Fsp3) is 0.579. The molecule has 2 unspecified atom stereocenters. The second kappa shape index (κ2) is 6.92. The number of hydrogen-bond acceptors (Lipinski definition) is 5. The van der Waals surface area contributed by atoms with Gasteiger partial charge in [-0.15, -0.1) is 11.3 Å². The number of amides is 2. The molecule has 0 aliphatic carbocycles. The van der Waals surface area contributed by atoms with Crippen molar-refractivity contribution in [3.05, 3.63) is 28.1 Å². The van der Waals surface area contributed by atoms with Crippen molar-refractivity contribution in [2.75, 3.05) is 26.2 Å². The first kappa shape index (κ1) is 16.8. The lowest BCUT2D eigenvalue weighted by atomic mass is 9.99. The van der Waals surface area contributed by atoms with Crippen LogP contribution in [0.4, 0.5) is 0 Å². The zero-order valence-electron chi connectivity index (χ0n) is 14.6. The Morgan fingerprint density at radius 3 is 2.80 bits per heavy atom. The van der Waals surface area contributed by atoms with Crippen molar-refractivity contribution in [2.45, 2.75) is 38.7 Å². The van der Waals surface area contributed by atoms with Crippen LogP contribution < -0.4 is 0 Å². The van der Waals surface area contributed by atoms with Crippen LogP contribution in [0, 0.1) is 5.92 Å². The van der Waals surface area contributed by atoms with Gasteiger partial charge in [0.25, 0.3) is 11.8 Å². The van der Waals surface area contributed by atoms with Crippen LogP contribution in [0.15, 0.2) is 23.2 Å². The molecule has 0 N–H and O–H groups in total. The molecule has 0 spiro atoms. The standard InChI is InChI=1S/C19H24N2O3S/c1-13-5-2-8-20(11-13)17-16(15-7-4-10-25-15)18(22)21(19(17)23)12-14-6-3-9-24-14/h4,7,10,13-14H,2-3,5-6,8-9,11-12H2,1H3. The van der Waals surface area contributed by atoms with Crippen molar-refractivity contribution in [1.82, 2.24) is 9.80 Å². The fourth-order valence-electron chi connectivity index (χ4n) is 4.05. The first-order valence-corrected chi connectivity index (χ1v) is 10.0. The number of likely N-dealkylation sites (tertiary alicyclic amines) is 1. The monoisotopic (exact) mass is 360 g/mol. The topological polar surface area (TPSA) is 49.9 Å². The summed E-state index contributed by atoms with van der Waals surface area (Å²) in [5.74, 6) is 0.245. The molecule has 3 aliphatic heterocycles. The Hall–Kier alpha value is -1.66. The van der Waals surface area contributed by atoms with E-state index in [1.54, 1.807) is 0 Å². The van der Waals surface area contributed by atoms with Crippen LogP contribution >= 0.6 is 11.3 Å². The molecule has 2 amide bonds. The predicted molar refractivity (Wildman–Crippen MR) is 96.9 cm³/mol. The van der Waals surface area contributed by atoms with Crippen molar-refractivity contribution in [3.63, 3.8) is 0 Å². The predicted octanol–water partition coefficient (Wildman–Crippen LogP) is 2.74. The molecule has 2 atom stereocenters. The van der Waals surface area contributed by atoms with Crippen LogP contribution in [-0.2, 0) is 14.3 Å². The molecule has 2 fully saturated rings. The number of piperidine rings is 1. The van der Waals surface area contributed by atoms with E-state index in [1.807, 2.05) is 17.5 Å². The van der Waals surface area contributed by atoms with E-state index in [1.165, 1.54) is 22.7 Å². The van der Waals surface area contributed by atoms with Crippen LogP contribution in [-0.4, -0.2) is 54.0 Å². The Morgan fingerprint density at radius 1 is 1.24 bits per heavy atom. The van der Waals surface area contributed by atoms with Gasteiger partial charge in [0, 0.05) is 24.6 Å². The average molecular weight is 360 g/mol. The van der Waals surface area contributed by atoms with Crippen LogP contribution in [0.2, 0.25) is 0 Å². The summed E-state index contributed by atoms with van der Waals surface area (Å²) >= 11 is 1.52. The Kier molecular flexibility index (Phi) is 4.65. The highest BCUT2D eigenvalue weighted by molar-refractivity contribution is 7.11. The third-order valence-electron chi connectivity index (χ3n) is 5.29. The van der Waals surface area contributed by atoms with Crippen molar-refractivity contribution < 1.29 is 14.3 Å². The number of imide groups is 1. The van der Waals surface area contributed by atoms with Gasteiger partial charge in [-0.2, -0.15) is 0 Å². The van der Waals surface area contributed by atoms with Crippen LogP contribution in [0.3, 0.4) is 0 Å². The lowest BCUT2D eigenvalue weighted by molar-refractivity contribution is -0.139. The molecule has 0 radical (unpaired) electrons. The number of nitrogens with zero attached hydrogens (tertiary/aromatic N) is 2. The summed E-state index contributed by atoms with van der Waals surface area (Å²) in [5.41, 5.74) is 1.20. The number of carbonyl (C=O) groups excluding carboxylic acids is 2. The first-order chi connectivity index (χ1) is 12.1. The van der Waals surface area contributed by atoms with Gasteiger partial charge in [0.15, 0.2) is 0 Å². The second-order valence-electron chi connectivity index (χ2n) is 7.25. The minimum atomic E-state index is -0.156. The molecule has 3 aliphatic rings. The molecule has 4 rings (SSSR count). The normalized spacial score (nSPS) is 27.7. The van der Waals surface area contributed by atoms with E-state index < -0.39 is 0 Å². The van der Waals surface area contributed by atoms with E-state index in [0.29, 0.717) is 23.7 Å². The highest BCUT2D eigenvalue weighted by Gasteiger charge is 2.43. The maximum Gasteiger partial charge on any atom is 0.277 e. The van der Waals surface area contributed by atoms with Gasteiger partial charge in [-0.3, -0.25) is 14.5 Å². The third kappa shape index (κ3) is 3.13. The van der Waals surface area contributed by atoms with E-state index >= 15 is 0 Å². The molecule has 1 aromatic heterocycles. The van der Waals surface area contributed by atoms with Crippen molar-refractivity contribution in [3.8, 4) is 0 Å². The van der Waals surface area contributed by atoms with Crippen molar-refractivity contribution in [2.24, 2.45) is 5.92 Å². The summed E-state index contributed by atoms with van der Waals surface area (Å²) in [4.78, 5) is 30.7. The van der Waals surface area contributed by atoms with E-state index in [9.17, 15) is 9.59 Å². The molecule has 25 heavy (non-hydrogen) atoms. The lowest BCUT2D eigenvalue weighted by Gasteiger charge is -2.33. The van der Waals surface area contributed by atoms with Gasteiger partial charge in [0.05, 0.1) is 18.2 Å². The fourth-order valence-corrected chi connectivity index (χ4v) is 4.81. The Balaban J connectivity index is 1.67. The highest BCUT2D eigenvalue weighted by Crippen LogP contribution is 2.36. The smallest absolute Gasteiger partial charge is 0.277 e. The van der Waals surface area contributed by atoms with Gasteiger partial charge < -0.3 is 9.64 Å². The largest absolute Gasteiger partial charge is 0.376 e. The maximum atomic E-state index is 13.2. The van der Waals surface area contributed by atoms with Gasteiger partial charge in [-0.05, 0) is 43.0 Å². The highest BCUT2D eigenvalue weighted by atomic mass is 32.1. The number of hydrogen-bond donors (Lipinski definition) is 0.